The van der Waals surface area contributed by atoms with E-state index in [1.165, 1.54) is 0 Å². The lowest BCUT2D eigenvalue weighted by atomic mass is 10.0. The summed E-state index contributed by atoms with van der Waals surface area (Å²) in [6, 6.07) is 3.70. The average Bonchev–Trinajstić information content (AvgIpc) is 2.84. The number of nitrogens with zero attached hydrogens (tertiary/aromatic N) is 2. The molecule has 106 valence electrons. The Morgan fingerprint density at radius 3 is 2.95 bits per heavy atom. The molecule has 0 saturated carbocycles. The molecule has 20 heavy (non-hydrogen) atoms. The molecular weight excluding hydrogens is 324 g/mol. The number of hydrogen-bond acceptors (Lipinski definition) is 4. The second-order valence-corrected chi connectivity index (χ2v) is 5.62. The van der Waals surface area contributed by atoms with E-state index in [0.29, 0.717) is 31.1 Å². The maximum Gasteiger partial charge on any atom is 0.175 e. The Labute approximate surface area is 125 Å². The summed E-state index contributed by atoms with van der Waals surface area (Å²) in [5.74, 6) is 1.37. The third-order valence-electron chi connectivity index (χ3n) is 3.19. The molecule has 1 aliphatic rings. The first-order valence-electron chi connectivity index (χ1n) is 6.38. The van der Waals surface area contributed by atoms with Gasteiger partial charge in [0.05, 0.1) is 16.8 Å². The molecule has 1 N–H and O–H groups in total. The second kappa shape index (κ2) is 5.46. The van der Waals surface area contributed by atoms with Crippen LogP contribution in [0.5, 0.6) is 11.5 Å². The van der Waals surface area contributed by atoms with Crippen molar-refractivity contribution in [2.45, 2.75) is 12.5 Å². The highest BCUT2D eigenvalue weighted by Gasteiger charge is 2.19. The molecule has 1 aliphatic heterocycles. The van der Waals surface area contributed by atoms with Crippen LogP contribution in [0.15, 0.2) is 29.0 Å². The molecule has 0 bridgehead atoms. The molecule has 1 aromatic carbocycles. The third-order valence-corrected chi connectivity index (χ3v) is 3.78. The first kappa shape index (κ1) is 13.5. The molecule has 6 heteroatoms. The molecule has 1 aromatic heterocycles. The summed E-state index contributed by atoms with van der Waals surface area (Å²) in [6.07, 6.45) is 3.57. The molecule has 1 unspecified atom stereocenters. The van der Waals surface area contributed by atoms with E-state index in [-0.39, 0.29) is 0 Å². The van der Waals surface area contributed by atoms with Crippen molar-refractivity contribution in [1.29, 1.82) is 0 Å². The predicted molar refractivity (Wildman–Crippen MR) is 77.0 cm³/mol. The number of aliphatic hydroxyl groups is 1. The number of fused-ring (bicyclic) bond motifs is 1. The molecule has 0 aliphatic carbocycles. The van der Waals surface area contributed by atoms with E-state index in [4.69, 9.17) is 9.47 Å². The number of rotatable bonds is 3. The number of aromatic nitrogens is 2. The highest BCUT2D eigenvalue weighted by Crippen LogP contribution is 2.40. The van der Waals surface area contributed by atoms with Gasteiger partial charge in [-0.3, -0.25) is 4.68 Å². The fourth-order valence-electron chi connectivity index (χ4n) is 2.24. The Bertz CT molecular complexity index is 627. The minimum atomic E-state index is -0.605. The Hall–Kier alpha value is -1.53. The zero-order valence-corrected chi connectivity index (χ0v) is 12.6. The quantitative estimate of drug-likeness (QED) is 0.932. The van der Waals surface area contributed by atoms with Crippen molar-refractivity contribution >= 4 is 15.9 Å². The number of aryl methyl sites for hydroxylation is 1. The summed E-state index contributed by atoms with van der Waals surface area (Å²) in [5.41, 5.74) is 1.79. The zero-order chi connectivity index (χ0) is 14.1. The lowest BCUT2D eigenvalue weighted by Gasteiger charge is -2.21. The molecule has 0 spiro atoms. The van der Waals surface area contributed by atoms with Crippen LogP contribution in [0, 0.1) is 0 Å². The fourth-order valence-corrected chi connectivity index (χ4v) is 2.82. The van der Waals surface area contributed by atoms with Crippen molar-refractivity contribution in [2.24, 2.45) is 7.05 Å². The van der Waals surface area contributed by atoms with Gasteiger partial charge in [-0.2, -0.15) is 5.10 Å². The molecule has 0 fully saturated rings. The first-order chi connectivity index (χ1) is 9.63. The van der Waals surface area contributed by atoms with Crippen molar-refractivity contribution < 1.29 is 14.6 Å². The molecule has 2 aromatic rings. The van der Waals surface area contributed by atoms with Crippen LogP contribution in [0.1, 0.15) is 17.2 Å². The fraction of sp³-hybridized carbons (Fsp3) is 0.357. The van der Waals surface area contributed by atoms with Gasteiger partial charge < -0.3 is 14.6 Å². The summed E-state index contributed by atoms with van der Waals surface area (Å²) in [4.78, 5) is 0. The van der Waals surface area contributed by atoms with Gasteiger partial charge in [0.15, 0.2) is 11.5 Å². The maximum atomic E-state index is 10.4. The highest BCUT2D eigenvalue weighted by molar-refractivity contribution is 9.10. The van der Waals surface area contributed by atoms with Crippen molar-refractivity contribution in [2.75, 3.05) is 13.2 Å². The minimum Gasteiger partial charge on any atom is -0.486 e. The minimum absolute atomic E-state index is 0.514. The topological polar surface area (TPSA) is 56.5 Å². The van der Waals surface area contributed by atoms with Crippen LogP contribution in [-0.2, 0) is 13.5 Å². The SMILES string of the molecule is Cn1cc(CC(O)c2cc(Br)c3c(c2)OCCO3)cn1. The van der Waals surface area contributed by atoms with Gasteiger partial charge in [-0.15, -0.1) is 0 Å². The summed E-state index contributed by atoms with van der Waals surface area (Å²) < 4.78 is 13.6. The zero-order valence-electron chi connectivity index (χ0n) is 11.0. The number of benzene rings is 1. The van der Waals surface area contributed by atoms with Crippen LogP contribution < -0.4 is 9.47 Å². The Morgan fingerprint density at radius 2 is 2.20 bits per heavy atom. The van der Waals surface area contributed by atoms with Crippen LogP contribution in [0.3, 0.4) is 0 Å². The molecular formula is C14H15BrN2O3. The van der Waals surface area contributed by atoms with Gasteiger partial charge in [-0.25, -0.2) is 0 Å². The van der Waals surface area contributed by atoms with Crippen LogP contribution in [0.2, 0.25) is 0 Å². The van der Waals surface area contributed by atoms with E-state index >= 15 is 0 Å². The van der Waals surface area contributed by atoms with Crippen LogP contribution >= 0.6 is 15.9 Å². The van der Waals surface area contributed by atoms with Crippen molar-refractivity contribution in [3.05, 3.63) is 40.1 Å². The Morgan fingerprint density at radius 1 is 1.40 bits per heavy atom. The molecule has 3 rings (SSSR count). The van der Waals surface area contributed by atoms with Gasteiger partial charge in [0.25, 0.3) is 0 Å². The molecule has 2 heterocycles. The summed E-state index contributed by atoms with van der Waals surface area (Å²) >= 11 is 3.46. The summed E-state index contributed by atoms with van der Waals surface area (Å²) in [5, 5.41) is 14.5. The third kappa shape index (κ3) is 2.66. The number of halogens is 1. The summed E-state index contributed by atoms with van der Waals surface area (Å²) in [7, 11) is 1.86. The van der Waals surface area contributed by atoms with Gasteiger partial charge in [0, 0.05) is 19.7 Å². The van der Waals surface area contributed by atoms with Gasteiger partial charge in [0.1, 0.15) is 13.2 Å². The molecule has 1 atom stereocenters. The molecule has 0 amide bonds. The van der Waals surface area contributed by atoms with E-state index in [2.05, 4.69) is 21.0 Å². The van der Waals surface area contributed by atoms with Crippen molar-refractivity contribution in [1.82, 2.24) is 9.78 Å². The van der Waals surface area contributed by atoms with Crippen molar-refractivity contribution in [3.8, 4) is 11.5 Å². The second-order valence-electron chi connectivity index (χ2n) is 4.77. The molecule has 5 nitrogen and oxygen atoms in total. The molecule has 0 saturated heterocycles. The lowest BCUT2D eigenvalue weighted by Crippen LogP contribution is -2.16. The smallest absolute Gasteiger partial charge is 0.175 e. The van der Waals surface area contributed by atoms with Gasteiger partial charge in [0.2, 0.25) is 0 Å². The van der Waals surface area contributed by atoms with E-state index in [1.54, 1.807) is 10.9 Å². The standard InChI is InChI=1S/C14H15BrN2O3/c1-17-8-9(7-16-17)4-12(18)10-5-11(15)14-13(6-10)19-2-3-20-14/h5-8,12,18H,2-4H2,1H3. The van der Waals surface area contributed by atoms with Gasteiger partial charge >= 0.3 is 0 Å². The number of ether oxygens (including phenoxy) is 2. The van der Waals surface area contributed by atoms with Crippen LogP contribution in [0.25, 0.3) is 0 Å². The monoisotopic (exact) mass is 338 g/mol. The highest BCUT2D eigenvalue weighted by atomic mass is 79.9. The Balaban J connectivity index is 1.84. The van der Waals surface area contributed by atoms with E-state index in [9.17, 15) is 5.11 Å². The van der Waals surface area contributed by atoms with E-state index in [1.807, 2.05) is 25.4 Å². The van der Waals surface area contributed by atoms with Gasteiger partial charge in [-0.05, 0) is 39.2 Å². The number of hydrogen-bond donors (Lipinski definition) is 1. The van der Waals surface area contributed by atoms with E-state index < -0.39 is 6.10 Å². The van der Waals surface area contributed by atoms with Crippen LogP contribution in [0.4, 0.5) is 0 Å². The van der Waals surface area contributed by atoms with Gasteiger partial charge in [-0.1, -0.05) is 0 Å². The van der Waals surface area contributed by atoms with E-state index in [0.717, 1.165) is 15.6 Å². The summed E-state index contributed by atoms with van der Waals surface area (Å²) in [6.45, 7) is 1.07. The lowest BCUT2D eigenvalue weighted by molar-refractivity contribution is 0.163. The average molecular weight is 339 g/mol. The number of aliphatic hydroxyl groups excluding tert-OH is 1. The predicted octanol–water partition coefficient (Wildman–Crippen LogP) is 2.23. The maximum absolute atomic E-state index is 10.4. The van der Waals surface area contributed by atoms with Crippen molar-refractivity contribution in [3.63, 3.8) is 0 Å². The largest absolute Gasteiger partial charge is 0.486 e. The first-order valence-corrected chi connectivity index (χ1v) is 7.17. The molecule has 0 radical (unpaired) electrons. The van der Waals surface area contributed by atoms with Crippen LogP contribution in [-0.4, -0.2) is 28.1 Å². The Kier molecular flexibility index (Phi) is 3.67. The normalized spacial score (nSPS) is 15.2.